The second kappa shape index (κ2) is 7.28. The van der Waals surface area contributed by atoms with Crippen LogP contribution < -0.4 is 4.74 Å². The summed E-state index contributed by atoms with van der Waals surface area (Å²) in [6.45, 7) is 5.59. The molecule has 0 aliphatic carbocycles. The number of carbonyl (C=O) groups is 1. The molecular weight excluding hydrogens is 360 g/mol. The Morgan fingerprint density at radius 2 is 1.85 bits per heavy atom. The first-order chi connectivity index (χ1) is 13.0. The number of likely N-dealkylation sites (tertiary alicyclic amines) is 1. The molecule has 5 heteroatoms. The average Bonchev–Trinajstić information content (AvgIpc) is 3.08. The Kier molecular flexibility index (Phi) is 4.83. The van der Waals surface area contributed by atoms with Gasteiger partial charge in [0.05, 0.1) is 0 Å². The summed E-state index contributed by atoms with van der Waals surface area (Å²) in [6, 6.07) is 13.7. The summed E-state index contributed by atoms with van der Waals surface area (Å²) in [6.07, 6.45) is 1.83. The molecule has 0 unspecified atom stereocenters. The SMILES string of the molecule is Cc1ccc(OC2CCN(C(=O)c3cc4ccc(Cl)cc4[nH]3)CC2)cc1C. The van der Waals surface area contributed by atoms with E-state index in [1.807, 2.05) is 35.2 Å². The third-order valence-electron chi connectivity index (χ3n) is 5.33. The molecule has 2 heterocycles. The van der Waals surface area contributed by atoms with Crippen molar-refractivity contribution in [1.82, 2.24) is 9.88 Å². The Labute approximate surface area is 164 Å². The van der Waals surface area contributed by atoms with Crippen molar-refractivity contribution >= 4 is 28.4 Å². The quantitative estimate of drug-likeness (QED) is 0.683. The zero-order valence-corrected chi connectivity index (χ0v) is 16.3. The average molecular weight is 383 g/mol. The highest BCUT2D eigenvalue weighted by Gasteiger charge is 2.25. The first kappa shape index (κ1) is 17.9. The van der Waals surface area contributed by atoms with Crippen molar-refractivity contribution in [3.63, 3.8) is 0 Å². The van der Waals surface area contributed by atoms with E-state index in [-0.39, 0.29) is 12.0 Å². The topological polar surface area (TPSA) is 45.3 Å². The van der Waals surface area contributed by atoms with E-state index in [2.05, 4.69) is 31.0 Å². The summed E-state index contributed by atoms with van der Waals surface area (Å²) in [4.78, 5) is 17.9. The lowest BCUT2D eigenvalue weighted by atomic mass is 10.1. The van der Waals surface area contributed by atoms with Crippen LogP contribution in [0.4, 0.5) is 0 Å². The maximum Gasteiger partial charge on any atom is 0.270 e. The molecule has 1 saturated heterocycles. The first-order valence-electron chi connectivity index (χ1n) is 9.31. The zero-order chi connectivity index (χ0) is 19.0. The minimum Gasteiger partial charge on any atom is -0.490 e. The number of carbonyl (C=O) groups excluding carboxylic acids is 1. The molecule has 0 saturated carbocycles. The summed E-state index contributed by atoms with van der Waals surface area (Å²) >= 11 is 6.03. The molecule has 2 aromatic carbocycles. The minimum atomic E-state index is 0.0342. The van der Waals surface area contributed by atoms with Gasteiger partial charge in [-0.25, -0.2) is 0 Å². The van der Waals surface area contributed by atoms with Gasteiger partial charge in [-0.15, -0.1) is 0 Å². The monoisotopic (exact) mass is 382 g/mol. The highest BCUT2D eigenvalue weighted by molar-refractivity contribution is 6.31. The molecule has 1 aliphatic rings. The number of benzene rings is 2. The van der Waals surface area contributed by atoms with E-state index in [4.69, 9.17) is 16.3 Å². The van der Waals surface area contributed by atoms with E-state index >= 15 is 0 Å². The van der Waals surface area contributed by atoms with Crippen LogP contribution in [-0.4, -0.2) is 35.0 Å². The summed E-state index contributed by atoms with van der Waals surface area (Å²) < 4.78 is 6.13. The lowest BCUT2D eigenvalue weighted by Crippen LogP contribution is -2.41. The van der Waals surface area contributed by atoms with Gasteiger partial charge in [0.2, 0.25) is 0 Å². The molecule has 1 amide bonds. The van der Waals surface area contributed by atoms with Gasteiger partial charge in [0.15, 0.2) is 0 Å². The van der Waals surface area contributed by atoms with E-state index in [1.54, 1.807) is 0 Å². The molecule has 1 aromatic heterocycles. The van der Waals surface area contributed by atoms with Gasteiger partial charge in [0.1, 0.15) is 17.5 Å². The predicted molar refractivity (Wildman–Crippen MR) is 109 cm³/mol. The number of ether oxygens (including phenoxy) is 1. The number of hydrogen-bond donors (Lipinski definition) is 1. The molecule has 1 N–H and O–H groups in total. The molecule has 0 bridgehead atoms. The number of H-pyrrole nitrogens is 1. The van der Waals surface area contributed by atoms with Gasteiger partial charge in [-0.2, -0.15) is 0 Å². The lowest BCUT2D eigenvalue weighted by molar-refractivity contribution is 0.0591. The number of aromatic nitrogens is 1. The number of rotatable bonds is 3. The second-order valence-electron chi connectivity index (χ2n) is 7.27. The summed E-state index contributed by atoms with van der Waals surface area (Å²) in [5, 5.41) is 1.66. The molecule has 4 nitrogen and oxygen atoms in total. The van der Waals surface area contributed by atoms with E-state index in [9.17, 15) is 4.79 Å². The van der Waals surface area contributed by atoms with E-state index in [1.165, 1.54) is 11.1 Å². The first-order valence-corrected chi connectivity index (χ1v) is 9.69. The van der Waals surface area contributed by atoms with Gasteiger partial charge in [-0.05, 0) is 55.3 Å². The third kappa shape index (κ3) is 3.81. The number of nitrogens with one attached hydrogen (secondary N) is 1. The fourth-order valence-electron chi connectivity index (χ4n) is 3.54. The number of hydrogen-bond acceptors (Lipinski definition) is 2. The van der Waals surface area contributed by atoms with Crippen LogP contribution in [0, 0.1) is 13.8 Å². The van der Waals surface area contributed by atoms with Gasteiger partial charge < -0.3 is 14.6 Å². The minimum absolute atomic E-state index is 0.0342. The van der Waals surface area contributed by atoms with Crippen LogP contribution >= 0.6 is 11.6 Å². The predicted octanol–water partition coefficient (Wildman–Crippen LogP) is 5.12. The Morgan fingerprint density at radius 3 is 2.59 bits per heavy atom. The number of piperidine rings is 1. The molecule has 1 aliphatic heterocycles. The van der Waals surface area contributed by atoms with E-state index in [0.717, 1.165) is 29.5 Å². The summed E-state index contributed by atoms with van der Waals surface area (Å²) in [7, 11) is 0. The normalized spacial score (nSPS) is 15.3. The highest BCUT2D eigenvalue weighted by atomic mass is 35.5. The molecule has 0 atom stereocenters. The van der Waals surface area contributed by atoms with E-state index in [0.29, 0.717) is 23.8 Å². The fraction of sp³-hybridized carbons (Fsp3) is 0.318. The molecule has 4 rings (SSSR count). The number of fused-ring (bicyclic) bond motifs is 1. The van der Waals surface area contributed by atoms with Crippen LogP contribution in [0.15, 0.2) is 42.5 Å². The van der Waals surface area contributed by atoms with Crippen LogP contribution in [0.25, 0.3) is 10.9 Å². The zero-order valence-electron chi connectivity index (χ0n) is 15.6. The standard InChI is InChI=1S/C22H23ClN2O2/c1-14-3-6-19(11-15(14)2)27-18-7-9-25(10-8-18)22(26)21-12-16-4-5-17(23)13-20(16)24-21/h3-6,11-13,18,24H,7-10H2,1-2H3. The summed E-state index contributed by atoms with van der Waals surface area (Å²) in [5.41, 5.74) is 4.00. The smallest absolute Gasteiger partial charge is 0.270 e. The molecule has 140 valence electrons. The number of nitrogens with zero attached hydrogens (tertiary/aromatic N) is 1. The molecule has 27 heavy (non-hydrogen) atoms. The second-order valence-corrected chi connectivity index (χ2v) is 7.71. The van der Waals surface area contributed by atoms with Crippen molar-refractivity contribution in [2.24, 2.45) is 0 Å². The number of aryl methyl sites for hydroxylation is 2. The highest BCUT2D eigenvalue weighted by Crippen LogP contribution is 2.24. The van der Waals surface area contributed by atoms with Crippen molar-refractivity contribution in [3.8, 4) is 5.75 Å². The molecule has 0 spiro atoms. The van der Waals surface area contributed by atoms with Crippen molar-refractivity contribution < 1.29 is 9.53 Å². The van der Waals surface area contributed by atoms with Crippen LogP contribution in [0.5, 0.6) is 5.75 Å². The van der Waals surface area contributed by atoms with Crippen molar-refractivity contribution in [3.05, 3.63) is 64.3 Å². The maximum absolute atomic E-state index is 12.8. The molecule has 1 fully saturated rings. The van der Waals surface area contributed by atoms with Gasteiger partial charge >= 0.3 is 0 Å². The van der Waals surface area contributed by atoms with Gasteiger partial charge in [-0.1, -0.05) is 23.7 Å². The fourth-order valence-corrected chi connectivity index (χ4v) is 3.71. The van der Waals surface area contributed by atoms with Crippen LogP contribution in [0.1, 0.15) is 34.5 Å². The summed E-state index contributed by atoms with van der Waals surface area (Å²) in [5.74, 6) is 0.947. The lowest BCUT2D eigenvalue weighted by Gasteiger charge is -2.32. The molecule has 0 radical (unpaired) electrons. The number of amides is 1. The van der Waals surface area contributed by atoms with Crippen molar-refractivity contribution in [2.45, 2.75) is 32.8 Å². The maximum atomic E-state index is 12.8. The molecular formula is C22H23ClN2O2. The van der Waals surface area contributed by atoms with Gasteiger partial charge in [0, 0.05) is 41.9 Å². The largest absolute Gasteiger partial charge is 0.490 e. The Balaban J connectivity index is 1.39. The number of aromatic amines is 1. The van der Waals surface area contributed by atoms with E-state index < -0.39 is 0 Å². The van der Waals surface area contributed by atoms with Gasteiger partial charge in [0.25, 0.3) is 5.91 Å². The number of halogens is 1. The molecule has 3 aromatic rings. The van der Waals surface area contributed by atoms with Crippen LogP contribution in [0.2, 0.25) is 5.02 Å². The Hall–Kier alpha value is -2.46. The Bertz CT molecular complexity index is 987. The van der Waals surface area contributed by atoms with Crippen molar-refractivity contribution in [1.29, 1.82) is 0 Å². The van der Waals surface area contributed by atoms with Crippen molar-refractivity contribution in [2.75, 3.05) is 13.1 Å². The Morgan fingerprint density at radius 1 is 1.07 bits per heavy atom. The third-order valence-corrected chi connectivity index (χ3v) is 5.56. The van der Waals surface area contributed by atoms with Crippen LogP contribution in [-0.2, 0) is 0 Å². The van der Waals surface area contributed by atoms with Gasteiger partial charge in [-0.3, -0.25) is 4.79 Å². The van der Waals surface area contributed by atoms with Crippen LogP contribution in [0.3, 0.4) is 0 Å².